The zero-order valence-electron chi connectivity index (χ0n) is 18.4. The van der Waals surface area contributed by atoms with Crippen molar-refractivity contribution in [1.29, 1.82) is 0 Å². The zero-order valence-corrected chi connectivity index (χ0v) is 18.4. The lowest BCUT2D eigenvalue weighted by molar-refractivity contribution is -0.197. The second kappa shape index (κ2) is 12.4. The van der Waals surface area contributed by atoms with Crippen LogP contribution in [-0.4, -0.2) is 19.5 Å². The molecule has 0 bridgehead atoms. The van der Waals surface area contributed by atoms with Crippen LogP contribution >= 0.6 is 0 Å². The molecule has 3 aliphatic rings. The Morgan fingerprint density at radius 1 is 0.759 bits per heavy atom. The summed E-state index contributed by atoms with van der Waals surface area (Å²) in [5, 5.41) is 0. The molecule has 3 fully saturated rings. The summed E-state index contributed by atoms with van der Waals surface area (Å²) < 4.78 is 35.9. The van der Waals surface area contributed by atoms with Crippen LogP contribution in [0.2, 0.25) is 0 Å². The molecule has 1 saturated heterocycles. The van der Waals surface area contributed by atoms with Crippen LogP contribution in [0, 0.1) is 29.6 Å². The Hall–Kier alpha value is -0.480. The van der Waals surface area contributed by atoms with Gasteiger partial charge in [0.25, 0.3) is 6.08 Å². The molecule has 1 aliphatic heterocycles. The molecule has 2 nitrogen and oxygen atoms in total. The van der Waals surface area contributed by atoms with Gasteiger partial charge in [-0.05, 0) is 68.3 Å². The van der Waals surface area contributed by atoms with Gasteiger partial charge in [-0.2, -0.15) is 8.78 Å². The van der Waals surface area contributed by atoms with E-state index >= 15 is 0 Å². The van der Waals surface area contributed by atoms with Gasteiger partial charge in [-0.25, -0.2) is 0 Å². The van der Waals surface area contributed by atoms with Gasteiger partial charge in [-0.1, -0.05) is 58.3 Å². The number of unbranched alkanes of at least 4 members (excludes halogenated alkanes) is 2. The van der Waals surface area contributed by atoms with Crippen molar-refractivity contribution < 1.29 is 18.3 Å². The number of ether oxygens (including phenoxy) is 2. The van der Waals surface area contributed by atoms with E-state index in [2.05, 4.69) is 6.92 Å². The van der Waals surface area contributed by atoms with E-state index in [1.807, 2.05) is 0 Å². The Morgan fingerprint density at radius 3 is 1.83 bits per heavy atom. The van der Waals surface area contributed by atoms with Crippen molar-refractivity contribution in [3.05, 3.63) is 12.2 Å². The fraction of sp³-hybridized carbons (Fsp3) is 0.920. The highest BCUT2D eigenvalue weighted by Crippen LogP contribution is 2.43. The van der Waals surface area contributed by atoms with Crippen LogP contribution in [0.15, 0.2) is 12.2 Å². The van der Waals surface area contributed by atoms with E-state index in [9.17, 15) is 8.78 Å². The standard InChI is InChI=1S/C25H42F2O2/c1-2-3-4-5-19-6-11-22(12-7-19)23-13-8-20(9-14-23)10-15-25-28-17-21(18-29-25)16-24(26)27/h16,19-23,25H,2-15,17-18H2,1H3. The molecular weight excluding hydrogens is 370 g/mol. The molecule has 0 radical (unpaired) electrons. The Kier molecular flexibility index (Phi) is 9.91. The van der Waals surface area contributed by atoms with Gasteiger partial charge in [0.15, 0.2) is 6.29 Å². The summed E-state index contributed by atoms with van der Waals surface area (Å²) in [6.07, 6.45) is 18.3. The lowest BCUT2D eigenvalue weighted by Gasteiger charge is -2.38. The first kappa shape index (κ1) is 23.2. The Balaban J connectivity index is 1.26. The van der Waals surface area contributed by atoms with E-state index in [1.165, 1.54) is 77.0 Å². The van der Waals surface area contributed by atoms with Crippen molar-refractivity contribution in [3.8, 4) is 0 Å². The quantitative estimate of drug-likeness (QED) is 0.361. The van der Waals surface area contributed by atoms with Gasteiger partial charge in [-0.3, -0.25) is 0 Å². The summed E-state index contributed by atoms with van der Waals surface area (Å²) in [4.78, 5) is 0. The van der Waals surface area contributed by atoms with E-state index in [4.69, 9.17) is 9.47 Å². The average Bonchev–Trinajstić information content (AvgIpc) is 2.74. The molecule has 168 valence electrons. The van der Waals surface area contributed by atoms with Crippen molar-refractivity contribution in [2.75, 3.05) is 13.2 Å². The van der Waals surface area contributed by atoms with Crippen molar-refractivity contribution in [1.82, 2.24) is 0 Å². The SMILES string of the molecule is CCCCCC1CCC(C2CCC(CCC3OCC(C=C(F)F)CO3)CC2)CC1. The first-order valence-electron chi connectivity index (χ1n) is 12.4. The van der Waals surface area contributed by atoms with E-state index in [0.717, 1.165) is 42.6 Å². The highest BCUT2D eigenvalue weighted by molar-refractivity contribution is 4.89. The summed E-state index contributed by atoms with van der Waals surface area (Å²) in [6, 6.07) is 0. The predicted molar refractivity (Wildman–Crippen MR) is 114 cm³/mol. The van der Waals surface area contributed by atoms with Crippen LogP contribution in [0.4, 0.5) is 8.78 Å². The van der Waals surface area contributed by atoms with Crippen LogP contribution in [0.3, 0.4) is 0 Å². The van der Waals surface area contributed by atoms with Gasteiger partial charge < -0.3 is 9.47 Å². The van der Waals surface area contributed by atoms with Gasteiger partial charge in [0, 0.05) is 5.92 Å². The third kappa shape index (κ3) is 7.94. The first-order chi connectivity index (χ1) is 14.1. The maximum Gasteiger partial charge on any atom is 0.266 e. The Morgan fingerprint density at radius 2 is 1.31 bits per heavy atom. The van der Waals surface area contributed by atoms with E-state index in [0.29, 0.717) is 13.2 Å². The molecule has 4 heteroatoms. The lowest BCUT2D eigenvalue weighted by Crippen LogP contribution is -2.32. The molecule has 0 aromatic heterocycles. The summed E-state index contributed by atoms with van der Waals surface area (Å²) in [6.45, 7) is 3.01. The monoisotopic (exact) mass is 412 g/mol. The van der Waals surface area contributed by atoms with E-state index < -0.39 is 6.08 Å². The first-order valence-corrected chi connectivity index (χ1v) is 12.4. The van der Waals surface area contributed by atoms with Crippen LogP contribution in [0.1, 0.15) is 96.8 Å². The lowest BCUT2D eigenvalue weighted by atomic mass is 9.68. The normalized spacial score (nSPS) is 36.0. The fourth-order valence-electron chi connectivity index (χ4n) is 5.95. The molecule has 0 N–H and O–H groups in total. The molecule has 2 saturated carbocycles. The largest absolute Gasteiger partial charge is 0.352 e. The predicted octanol–water partition coefficient (Wildman–Crippen LogP) is 7.73. The van der Waals surface area contributed by atoms with Crippen LogP contribution in [-0.2, 0) is 9.47 Å². The zero-order chi connectivity index (χ0) is 20.5. The summed E-state index contributed by atoms with van der Waals surface area (Å²) >= 11 is 0. The second-order valence-corrected chi connectivity index (χ2v) is 9.95. The molecule has 0 aromatic rings. The summed E-state index contributed by atoms with van der Waals surface area (Å²) in [7, 11) is 0. The van der Waals surface area contributed by atoms with Gasteiger partial charge in [0.2, 0.25) is 0 Å². The third-order valence-corrected chi connectivity index (χ3v) is 7.83. The third-order valence-electron chi connectivity index (χ3n) is 7.83. The molecule has 0 atom stereocenters. The molecule has 3 rings (SSSR count). The van der Waals surface area contributed by atoms with E-state index in [-0.39, 0.29) is 12.2 Å². The molecule has 29 heavy (non-hydrogen) atoms. The van der Waals surface area contributed by atoms with Crippen LogP contribution in [0.5, 0.6) is 0 Å². The summed E-state index contributed by atoms with van der Waals surface area (Å²) in [5.41, 5.74) is 0. The minimum atomic E-state index is -1.64. The maximum absolute atomic E-state index is 12.3. The minimum absolute atomic E-state index is 0.192. The molecule has 2 aliphatic carbocycles. The number of hydrogen-bond acceptors (Lipinski definition) is 2. The smallest absolute Gasteiger partial charge is 0.266 e. The van der Waals surface area contributed by atoms with Crippen molar-refractivity contribution in [2.24, 2.45) is 29.6 Å². The Bertz CT molecular complexity index is 467. The van der Waals surface area contributed by atoms with Gasteiger partial charge >= 0.3 is 0 Å². The highest BCUT2D eigenvalue weighted by atomic mass is 19.3. The molecule has 1 heterocycles. The van der Waals surface area contributed by atoms with Crippen molar-refractivity contribution in [3.63, 3.8) is 0 Å². The number of hydrogen-bond donors (Lipinski definition) is 0. The Labute approximate surface area is 176 Å². The summed E-state index contributed by atoms with van der Waals surface area (Å²) in [5.74, 6) is 3.47. The highest BCUT2D eigenvalue weighted by Gasteiger charge is 2.31. The average molecular weight is 413 g/mol. The molecular formula is C25H42F2O2. The molecule has 0 spiro atoms. The van der Waals surface area contributed by atoms with Crippen LogP contribution in [0.25, 0.3) is 0 Å². The topological polar surface area (TPSA) is 18.5 Å². The van der Waals surface area contributed by atoms with Gasteiger partial charge in [-0.15, -0.1) is 0 Å². The second-order valence-electron chi connectivity index (χ2n) is 9.95. The number of rotatable bonds is 9. The van der Waals surface area contributed by atoms with Gasteiger partial charge in [0.05, 0.1) is 13.2 Å². The minimum Gasteiger partial charge on any atom is -0.352 e. The maximum atomic E-state index is 12.3. The van der Waals surface area contributed by atoms with Crippen molar-refractivity contribution >= 4 is 0 Å². The van der Waals surface area contributed by atoms with Crippen molar-refractivity contribution in [2.45, 2.75) is 103 Å². The van der Waals surface area contributed by atoms with E-state index in [1.54, 1.807) is 0 Å². The molecule has 0 amide bonds. The van der Waals surface area contributed by atoms with Gasteiger partial charge in [0.1, 0.15) is 0 Å². The molecule has 0 aromatic carbocycles. The number of halogens is 2. The fourth-order valence-corrected chi connectivity index (χ4v) is 5.95. The van der Waals surface area contributed by atoms with Crippen LogP contribution < -0.4 is 0 Å². The molecule has 0 unspecified atom stereocenters.